The van der Waals surface area contributed by atoms with Gasteiger partial charge < -0.3 is 5.32 Å². The average molecular weight is 329 g/mol. The van der Waals surface area contributed by atoms with Crippen molar-refractivity contribution in [1.29, 1.82) is 0 Å². The van der Waals surface area contributed by atoms with E-state index in [-0.39, 0.29) is 0 Å². The Morgan fingerprint density at radius 1 is 1.47 bits per heavy atom. The van der Waals surface area contributed by atoms with Gasteiger partial charge in [-0.05, 0) is 25.2 Å². The summed E-state index contributed by atoms with van der Waals surface area (Å²) in [5.74, 6) is 0.935. The highest BCUT2D eigenvalue weighted by Gasteiger charge is 2.02. The lowest BCUT2D eigenvalue weighted by atomic mass is 10.4. The van der Waals surface area contributed by atoms with E-state index < -0.39 is 0 Å². The summed E-state index contributed by atoms with van der Waals surface area (Å²) in [6.45, 7) is 0.845. The number of halogens is 1. The van der Waals surface area contributed by atoms with Gasteiger partial charge in [0.15, 0.2) is 0 Å². The fourth-order valence-corrected chi connectivity index (χ4v) is 3.70. The normalized spacial score (nSPS) is 10.7. The molecule has 1 N–H and O–H groups in total. The minimum atomic E-state index is 0.845. The third-order valence-corrected chi connectivity index (χ3v) is 4.69. The molecule has 0 saturated carbocycles. The first kappa shape index (κ1) is 13.1. The van der Waals surface area contributed by atoms with Gasteiger partial charge >= 0.3 is 0 Å². The summed E-state index contributed by atoms with van der Waals surface area (Å²) in [6.07, 6.45) is 0. The summed E-state index contributed by atoms with van der Waals surface area (Å²) in [6, 6.07) is 8.35. The molecule has 2 nitrogen and oxygen atoms in total. The Labute approximate surface area is 118 Å². The second-order valence-corrected chi connectivity index (χ2v) is 6.42. The summed E-state index contributed by atoms with van der Waals surface area (Å²) in [5, 5.41) is 6.41. The number of benzene rings is 1. The van der Waals surface area contributed by atoms with Crippen LogP contribution >= 0.6 is 39.0 Å². The Hall–Kier alpha value is -0.360. The first-order chi connectivity index (χ1) is 8.28. The van der Waals surface area contributed by atoms with Gasteiger partial charge in [0.05, 0.1) is 11.4 Å². The topological polar surface area (TPSA) is 24.9 Å². The van der Waals surface area contributed by atoms with Crippen LogP contribution in [-0.4, -0.2) is 12.0 Å². The predicted octanol–water partition coefficient (Wildman–Crippen LogP) is 3.92. The van der Waals surface area contributed by atoms with E-state index in [9.17, 15) is 0 Å². The first-order valence-electron chi connectivity index (χ1n) is 5.24. The minimum absolute atomic E-state index is 0.845. The molecule has 0 saturated heterocycles. The number of hydrogen-bond acceptors (Lipinski definition) is 4. The Morgan fingerprint density at radius 3 is 3.12 bits per heavy atom. The fourth-order valence-electron chi connectivity index (χ4n) is 1.38. The van der Waals surface area contributed by atoms with E-state index >= 15 is 0 Å². The smallest absolute Gasteiger partial charge is 0.103 e. The van der Waals surface area contributed by atoms with Gasteiger partial charge in [-0.15, -0.1) is 23.1 Å². The van der Waals surface area contributed by atoms with E-state index in [2.05, 4.69) is 49.8 Å². The van der Waals surface area contributed by atoms with Gasteiger partial charge in [0.1, 0.15) is 5.01 Å². The molecule has 5 heteroatoms. The molecule has 90 valence electrons. The Kier molecular flexibility index (Phi) is 5.03. The van der Waals surface area contributed by atoms with Gasteiger partial charge in [-0.3, -0.25) is 0 Å². The van der Waals surface area contributed by atoms with Crippen LogP contribution in [0.1, 0.15) is 10.7 Å². The fraction of sp³-hybridized carbons (Fsp3) is 0.250. The van der Waals surface area contributed by atoms with Crippen LogP contribution in [0, 0.1) is 0 Å². The van der Waals surface area contributed by atoms with Gasteiger partial charge in [-0.1, -0.05) is 22.0 Å². The molecule has 0 atom stereocenters. The summed E-state index contributed by atoms with van der Waals surface area (Å²) in [4.78, 5) is 5.83. The molecule has 0 bridgehead atoms. The number of rotatable bonds is 5. The maximum absolute atomic E-state index is 4.56. The van der Waals surface area contributed by atoms with Crippen LogP contribution in [0.25, 0.3) is 0 Å². The van der Waals surface area contributed by atoms with Crippen LogP contribution in [0.5, 0.6) is 0 Å². The molecule has 17 heavy (non-hydrogen) atoms. The predicted molar refractivity (Wildman–Crippen MR) is 78.6 cm³/mol. The molecule has 0 fully saturated rings. The number of nitrogens with one attached hydrogen (secondary N) is 1. The van der Waals surface area contributed by atoms with Crippen LogP contribution in [0.2, 0.25) is 0 Å². The SMILES string of the molecule is CNCc1csc(CSc2cccc(Br)c2)n1. The standard InChI is InChI=1S/C12H13BrN2S2/c1-14-6-10-7-17-12(15-10)8-16-11-4-2-3-9(13)5-11/h2-5,7,14H,6,8H2,1H3. The molecule has 2 aromatic rings. The van der Waals surface area contributed by atoms with Gasteiger partial charge in [0, 0.05) is 21.3 Å². The van der Waals surface area contributed by atoms with Crippen molar-refractivity contribution in [3.05, 3.63) is 44.8 Å². The van der Waals surface area contributed by atoms with Crippen LogP contribution in [0.4, 0.5) is 0 Å². The van der Waals surface area contributed by atoms with Gasteiger partial charge in [-0.2, -0.15) is 0 Å². The molecule has 0 unspecified atom stereocenters. The molecule has 0 radical (unpaired) electrons. The van der Waals surface area contributed by atoms with E-state index in [0.29, 0.717) is 0 Å². The van der Waals surface area contributed by atoms with Crippen molar-refractivity contribution < 1.29 is 0 Å². The van der Waals surface area contributed by atoms with Crippen molar-refractivity contribution in [3.8, 4) is 0 Å². The van der Waals surface area contributed by atoms with E-state index in [1.54, 1.807) is 11.3 Å². The monoisotopic (exact) mass is 328 g/mol. The zero-order valence-electron chi connectivity index (χ0n) is 9.44. The first-order valence-corrected chi connectivity index (χ1v) is 7.90. The quantitative estimate of drug-likeness (QED) is 0.842. The molecule has 0 aliphatic rings. The molecule has 0 aliphatic heterocycles. The van der Waals surface area contributed by atoms with E-state index in [4.69, 9.17) is 0 Å². The number of aromatic nitrogens is 1. The highest BCUT2D eigenvalue weighted by Crippen LogP contribution is 2.26. The second-order valence-electron chi connectivity index (χ2n) is 3.51. The molecule has 1 aromatic carbocycles. The lowest BCUT2D eigenvalue weighted by Crippen LogP contribution is -2.05. The number of thioether (sulfide) groups is 1. The van der Waals surface area contributed by atoms with Crippen molar-refractivity contribution in [3.63, 3.8) is 0 Å². The largest absolute Gasteiger partial charge is 0.314 e. The molecular formula is C12H13BrN2S2. The zero-order chi connectivity index (χ0) is 12.1. The van der Waals surface area contributed by atoms with Crippen LogP contribution in [0.3, 0.4) is 0 Å². The van der Waals surface area contributed by atoms with Crippen molar-refractivity contribution in [2.24, 2.45) is 0 Å². The molecule has 0 amide bonds. The molecular weight excluding hydrogens is 316 g/mol. The Balaban J connectivity index is 1.93. The highest BCUT2D eigenvalue weighted by molar-refractivity contribution is 9.10. The van der Waals surface area contributed by atoms with Crippen molar-refractivity contribution in [2.75, 3.05) is 7.05 Å². The van der Waals surface area contributed by atoms with Crippen molar-refractivity contribution >= 4 is 39.0 Å². The van der Waals surface area contributed by atoms with Gasteiger partial charge in [-0.25, -0.2) is 4.98 Å². The van der Waals surface area contributed by atoms with E-state index in [1.807, 2.05) is 24.9 Å². The molecule has 1 aromatic heterocycles. The summed E-state index contributed by atoms with van der Waals surface area (Å²) in [5.41, 5.74) is 1.13. The van der Waals surface area contributed by atoms with Gasteiger partial charge in [0.25, 0.3) is 0 Å². The van der Waals surface area contributed by atoms with Crippen molar-refractivity contribution in [2.45, 2.75) is 17.2 Å². The maximum Gasteiger partial charge on any atom is 0.103 e. The second kappa shape index (κ2) is 6.54. The number of thiazole rings is 1. The van der Waals surface area contributed by atoms with Crippen LogP contribution < -0.4 is 5.32 Å². The average Bonchev–Trinajstić information content (AvgIpc) is 2.75. The zero-order valence-corrected chi connectivity index (χ0v) is 12.7. The van der Waals surface area contributed by atoms with Crippen LogP contribution in [-0.2, 0) is 12.3 Å². The maximum atomic E-state index is 4.56. The van der Waals surface area contributed by atoms with E-state index in [0.717, 1.165) is 22.5 Å². The van der Waals surface area contributed by atoms with Gasteiger partial charge in [0.2, 0.25) is 0 Å². The highest BCUT2D eigenvalue weighted by atomic mass is 79.9. The molecule has 2 rings (SSSR count). The molecule has 0 spiro atoms. The Morgan fingerprint density at radius 2 is 2.35 bits per heavy atom. The third kappa shape index (κ3) is 4.10. The minimum Gasteiger partial charge on any atom is -0.314 e. The lowest BCUT2D eigenvalue weighted by molar-refractivity contribution is 0.794. The summed E-state index contributed by atoms with van der Waals surface area (Å²) in [7, 11) is 1.94. The summed E-state index contributed by atoms with van der Waals surface area (Å²) >= 11 is 7.02. The molecule has 0 aliphatic carbocycles. The van der Waals surface area contributed by atoms with Crippen LogP contribution in [0.15, 0.2) is 39.0 Å². The lowest BCUT2D eigenvalue weighted by Gasteiger charge is -1.99. The number of hydrogen-bond donors (Lipinski definition) is 1. The van der Waals surface area contributed by atoms with E-state index in [1.165, 1.54) is 9.90 Å². The summed E-state index contributed by atoms with van der Waals surface area (Å²) < 4.78 is 1.12. The molecule has 1 heterocycles. The van der Waals surface area contributed by atoms with Crippen molar-refractivity contribution in [1.82, 2.24) is 10.3 Å². The Bertz CT molecular complexity index is 485. The third-order valence-electron chi connectivity index (χ3n) is 2.12. The number of nitrogens with zero attached hydrogens (tertiary/aromatic N) is 1.